The van der Waals surface area contributed by atoms with Crippen molar-refractivity contribution in [3.63, 3.8) is 0 Å². The van der Waals surface area contributed by atoms with Gasteiger partial charge in [-0.3, -0.25) is 0 Å². The van der Waals surface area contributed by atoms with Crippen molar-refractivity contribution in [2.75, 3.05) is 6.61 Å². The molecule has 1 nitrogen and oxygen atoms in total. The van der Waals surface area contributed by atoms with Crippen LogP contribution in [0, 0.1) is 5.92 Å². The summed E-state index contributed by atoms with van der Waals surface area (Å²) in [5, 5.41) is 9.02. The van der Waals surface area contributed by atoms with Gasteiger partial charge in [0.15, 0.2) is 0 Å². The van der Waals surface area contributed by atoms with E-state index in [2.05, 4.69) is 13.8 Å². The molecule has 0 saturated heterocycles. The van der Waals surface area contributed by atoms with Crippen LogP contribution in [0.25, 0.3) is 0 Å². The van der Waals surface area contributed by atoms with Gasteiger partial charge in [-0.15, -0.1) is 0 Å². The van der Waals surface area contributed by atoms with Crippen molar-refractivity contribution in [3.05, 3.63) is 11.1 Å². The summed E-state index contributed by atoms with van der Waals surface area (Å²) in [4.78, 5) is 0. The zero-order valence-electron chi connectivity index (χ0n) is 7.56. The molecule has 0 amide bonds. The van der Waals surface area contributed by atoms with Gasteiger partial charge in [-0.1, -0.05) is 18.9 Å². The van der Waals surface area contributed by atoms with E-state index in [1.165, 1.54) is 30.4 Å². The molecule has 1 heteroatoms. The second kappa shape index (κ2) is 3.91. The molecule has 0 radical (unpaired) electrons. The van der Waals surface area contributed by atoms with Crippen LogP contribution in [0.3, 0.4) is 0 Å². The van der Waals surface area contributed by atoms with E-state index >= 15 is 0 Å². The van der Waals surface area contributed by atoms with Gasteiger partial charge < -0.3 is 5.11 Å². The molecule has 64 valence electrons. The minimum atomic E-state index is 0.280. The van der Waals surface area contributed by atoms with Crippen molar-refractivity contribution in [3.8, 4) is 0 Å². The molecule has 1 aliphatic carbocycles. The van der Waals surface area contributed by atoms with Gasteiger partial charge in [0.25, 0.3) is 0 Å². The summed E-state index contributed by atoms with van der Waals surface area (Å²) >= 11 is 0. The van der Waals surface area contributed by atoms with E-state index in [0.29, 0.717) is 0 Å². The highest BCUT2D eigenvalue weighted by atomic mass is 16.3. The van der Waals surface area contributed by atoms with Crippen LogP contribution < -0.4 is 0 Å². The van der Waals surface area contributed by atoms with Crippen LogP contribution >= 0.6 is 0 Å². The predicted molar refractivity (Wildman–Crippen MR) is 47.4 cm³/mol. The lowest BCUT2D eigenvalue weighted by Gasteiger charge is -2.23. The number of hydrogen-bond acceptors (Lipinski definition) is 1. The normalized spacial score (nSPS) is 25.9. The number of aliphatic hydroxyl groups excluding tert-OH is 1. The van der Waals surface area contributed by atoms with Crippen LogP contribution in [0.5, 0.6) is 0 Å². The number of rotatable bonds is 2. The van der Waals surface area contributed by atoms with Gasteiger partial charge in [0, 0.05) is 0 Å². The highest BCUT2D eigenvalue weighted by Gasteiger charge is 2.16. The monoisotopic (exact) mass is 154 g/mol. The number of hydrogen-bond donors (Lipinski definition) is 1. The molecule has 1 aliphatic rings. The fourth-order valence-electron chi connectivity index (χ4n) is 1.77. The summed E-state index contributed by atoms with van der Waals surface area (Å²) < 4.78 is 0. The molecule has 11 heavy (non-hydrogen) atoms. The van der Waals surface area contributed by atoms with Gasteiger partial charge in [-0.05, 0) is 37.7 Å². The summed E-state index contributed by atoms with van der Waals surface area (Å²) in [6.07, 6.45) is 4.93. The minimum Gasteiger partial charge on any atom is -0.392 e. The van der Waals surface area contributed by atoms with Gasteiger partial charge in [0.2, 0.25) is 0 Å². The molecule has 0 aromatic carbocycles. The van der Waals surface area contributed by atoms with Crippen molar-refractivity contribution in [1.29, 1.82) is 0 Å². The molecule has 1 N–H and O–H groups in total. The SMILES string of the molecule is CCC1CCC(C)=C(CO)C1. The summed E-state index contributed by atoms with van der Waals surface area (Å²) in [7, 11) is 0. The first-order valence-electron chi connectivity index (χ1n) is 4.56. The molecule has 1 atom stereocenters. The predicted octanol–water partition coefficient (Wildman–Crippen LogP) is 2.51. The minimum absolute atomic E-state index is 0.280. The summed E-state index contributed by atoms with van der Waals surface area (Å²) in [6.45, 7) is 4.67. The standard InChI is InChI=1S/C10H18O/c1-3-9-5-4-8(2)10(6-9)7-11/h9,11H,3-7H2,1-2H3. The topological polar surface area (TPSA) is 20.2 Å². The fraction of sp³-hybridized carbons (Fsp3) is 0.800. The van der Waals surface area contributed by atoms with Crippen molar-refractivity contribution < 1.29 is 5.11 Å². The van der Waals surface area contributed by atoms with Gasteiger partial charge in [-0.2, -0.15) is 0 Å². The van der Waals surface area contributed by atoms with Crippen LogP contribution in [-0.2, 0) is 0 Å². The molecule has 1 unspecified atom stereocenters. The second-order valence-electron chi connectivity index (χ2n) is 3.56. The van der Waals surface area contributed by atoms with Crippen molar-refractivity contribution >= 4 is 0 Å². The first-order chi connectivity index (χ1) is 5.27. The Kier molecular flexibility index (Phi) is 3.13. The highest BCUT2D eigenvalue weighted by molar-refractivity contribution is 5.16. The Balaban J connectivity index is 2.58. The Labute approximate surface area is 69.1 Å². The lowest BCUT2D eigenvalue weighted by molar-refractivity contribution is 0.306. The van der Waals surface area contributed by atoms with Gasteiger partial charge >= 0.3 is 0 Å². The van der Waals surface area contributed by atoms with Crippen LogP contribution in [0.15, 0.2) is 11.1 Å². The molecule has 0 spiro atoms. The second-order valence-corrected chi connectivity index (χ2v) is 3.56. The largest absolute Gasteiger partial charge is 0.392 e. The molecule has 0 bridgehead atoms. The Morgan fingerprint density at radius 1 is 1.55 bits per heavy atom. The molecular weight excluding hydrogens is 136 g/mol. The Bertz CT molecular complexity index is 158. The molecule has 1 rings (SSSR count). The third kappa shape index (κ3) is 2.06. The first-order valence-corrected chi connectivity index (χ1v) is 4.56. The molecule has 0 aromatic rings. The lowest BCUT2D eigenvalue weighted by atomic mass is 9.83. The summed E-state index contributed by atoms with van der Waals surface area (Å²) in [5.74, 6) is 0.834. The van der Waals surface area contributed by atoms with Gasteiger partial charge in [-0.25, -0.2) is 0 Å². The van der Waals surface area contributed by atoms with Gasteiger partial charge in [0.05, 0.1) is 6.61 Å². The summed E-state index contributed by atoms with van der Waals surface area (Å²) in [6, 6.07) is 0. The molecule has 0 saturated carbocycles. The van der Waals surface area contributed by atoms with E-state index in [1.54, 1.807) is 0 Å². The molecular formula is C10H18O. The van der Waals surface area contributed by atoms with Crippen LogP contribution in [0.2, 0.25) is 0 Å². The van der Waals surface area contributed by atoms with E-state index in [9.17, 15) is 0 Å². The third-order valence-electron chi connectivity index (χ3n) is 2.83. The van der Waals surface area contributed by atoms with Crippen LogP contribution in [-0.4, -0.2) is 11.7 Å². The molecule has 0 heterocycles. The van der Waals surface area contributed by atoms with E-state index in [1.807, 2.05) is 0 Å². The lowest BCUT2D eigenvalue weighted by Crippen LogP contribution is -2.10. The number of allylic oxidation sites excluding steroid dienone is 1. The maximum absolute atomic E-state index is 9.02. The fourth-order valence-corrected chi connectivity index (χ4v) is 1.77. The zero-order valence-corrected chi connectivity index (χ0v) is 7.56. The quantitative estimate of drug-likeness (QED) is 0.606. The maximum atomic E-state index is 9.02. The van der Waals surface area contributed by atoms with Crippen LogP contribution in [0.1, 0.15) is 39.5 Å². The van der Waals surface area contributed by atoms with E-state index < -0.39 is 0 Å². The average molecular weight is 154 g/mol. The maximum Gasteiger partial charge on any atom is 0.0644 e. The number of aliphatic hydroxyl groups is 1. The van der Waals surface area contributed by atoms with Crippen molar-refractivity contribution in [2.24, 2.45) is 5.92 Å². The highest BCUT2D eigenvalue weighted by Crippen LogP contribution is 2.30. The Morgan fingerprint density at radius 3 is 2.82 bits per heavy atom. The van der Waals surface area contributed by atoms with Crippen LogP contribution in [0.4, 0.5) is 0 Å². The Morgan fingerprint density at radius 2 is 2.27 bits per heavy atom. The zero-order chi connectivity index (χ0) is 8.27. The van der Waals surface area contributed by atoms with Crippen molar-refractivity contribution in [2.45, 2.75) is 39.5 Å². The molecule has 0 fully saturated rings. The first kappa shape index (κ1) is 8.79. The van der Waals surface area contributed by atoms with E-state index in [-0.39, 0.29) is 6.61 Å². The van der Waals surface area contributed by atoms with Crippen molar-refractivity contribution in [1.82, 2.24) is 0 Å². The average Bonchev–Trinajstić information content (AvgIpc) is 2.05. The Hall–Kier alpha value is -0.300. The third-order valence-corrected chi connectivity index (χ3v) is 2.83. The van der Waals surface area contributed by atoms with E-state index in [0.717, 1.165) is 12.3 Å². The molecule has 0 aliphatic heterocycles. The van der Waals surface area contributed by atoms with E-state index in [4.69, 9.17) is 5.11 Å². The summed E-state index contributed by atoms with van der Waals surface area (Å²) in [5.41, 5.74) is 2.72. The van der Waals surface area contributed by atoms with Gasteiger partial charge in [0.1, 0.15) is 0 Å². The smallest absolute Gasteiger partial charge is 0.0644 e. The molecule has 0 aromatic heterocycles.